The Balaban J connectivity index is 1.81. The number of unbranched alkanes of at least 4 members (excludes halogenated alkanes) is 1. The quantitative estimate of drug-likeness (QED) is 0.0627. The molecular formula is C31H45N9O4. The Labute approximate surface area is 257 Å². The van der Waals surface area contributed by atoms with Gasteiger partial charge >= 0.3 is 0 Å². The maximum atomic E-state index is 13.9. The van der Waals surface area contributed by atoms with Gasteiger partial charge in [0.05, 0.1) is 6.04 Å². The molecule has 0 saturated carbocycles. The highest BCUT2D eigenvalue weighted by Gasteiger charge is 2.29. The second-order valence-corrected chi connectivity index (χ2v) is 11.0. The molecule has 0 bridgehead atoms. The predicted octanol–water partition coefficient (Wildman–Crippen LogP) is 1.59. The topological polar surface area (TPSA) is 231 Å². The lowest BCUT2D eigenvalue weighted by Gasteiger charge is -2.24. The molecule has 13 heteroatoms. The van der Waals surface area contributed by atoms with Crippen molar-refractivity contribution in [1.29, 1.82) is 5.41 Å². The van der Waals surface area contributed by atoms with E-state index in [1.165, 1.54) is 0 Å². The summed E-state index contributed by atoms with van der Waals surface area (Å²) in [6.07, 6.45) is 3.45. The first kappa shape index (κ1) is 34.0. The third-order valence-electron chi connectivity index (χ3n) is 7.32. The van der Waals surface area contributed by atoms with Gasteiger partial charge in [0.2, 0.25) is 17.7 Å². The summed E-state index contributed by atoms with van der Waals surface area (Å²) in [5.41, 5.74) is 20.6. The van der Waals surface area contributed by atoms with E-state index in [9.17, 15) is 14.7 Å². The molecule has 0 aliphatic rings. The van der Waals surface area contributed by atoms with Crippen molar-refractivity contribution < 1.29 is 19.2 Å². The van der Waals surface area contributed by atoms with Gasteiger partial charge in [-0.05, 0) is 86.9 Å². The lowest BCUT2D eigenvalue weighted by atomic mass is 9.95. The van der Waals surface area contributed by atoms with Crippen LogP contribution in [0.5, 0.6) is 5.75 Å². The lowest BCUT2D eigenvalue weighted by molar-refractivity contribution is -0.130. The van der Waals surface area contributed by atoms with Gasteiger partial charge < -0.3 is 42.8 Å². The number of benzene rings is 2. The molecule has 13 nitrogen and oxygen atoms in total. The van der Waals surface area contributed by atoms with Gasteiger partial charge in [-0.15, -0.1) is 0 Å². The Morgan fingerprint density at radius 3 is 2.39 bits per heavy atom. The second-order valence-electron chi connectivity index (χ2n) is 11.0. The fraction of sp³-hybridized carbons (Fsp3) is 0.452. The van der Waals surface area contributed by atoms with Crippen LogP contribution in [0.4, 0.5) is 0 Å². The lowest BCUT2D eigenvalue weighted by Crippen LogP contribution is -2.53. The Morgan fingerprint density at radius 2 is 1.73 bits per heavy atom. The van der Waals surface area contributed by atoms with Gasteiger partial charge in [0.1, 0.15) is 17.8 Å². The van der Waals surface area contributed by atoms with E-state index in [2.05, 4.69) is 26.1 Å². The molecule has 3 rings (SSSR count). The Kier molecular flexibility index (Phi) is 13.1. The summed E-state index contributed by atoms with van der Waals surface area (Å²) in [7, 11) is 0. The first-order valence-corrected chi connectivity index (χ1v) is 14.9. The Hall–Kier alpha value is -4.49. The van der Waals surface area contributed by atoms with E-state index < -0.39 is 29.9 Å². The number of carbonyl (C=O) groups is 2. The Bertz CT molecular complexity index is 1360. The first-order chi connectivity index (χ1) is 21.1. The third kappa shape index (κ3) is 10.7. The molecule has 0 radical (unpaired) electrons. The predicted molar refractivity (Wildman–Crippen MR) is 168 cm³/mol. The molecule has 44 heavy (non-hydrogen) atoms. The molecule has 0 spiro atoms. The Morgan fingerprint density at radius 1 is 1.02 bits per heavy atom. The molecular weight excluding hydrogens is 562 g/mol. The van der Waals surface area contributed by atoms with Gasteiger partial charge in [-0.3, -0.25) is 15.0 Å². The summed E-state index contributed by atoms with van der Waals surface area (Å²) in [5, 5.41) is 30.0. The van der Waals surface area contributed by atoms with Crippen molar-refractivity contribution in [3.8, 4) is 5.75 Å². The SMILES string of the molecule is Cc1cc(O)cc(C)c1C[C@@H](NC(=O)[C@@H](N)CCCNC(=N)N)C(=O)N[C@H](CCCCN)c1nc(Cc2ccccc2)no1. The third-order valence-corrected chi connectivity index (χ3v) is 7.32. The highest BCUT2D eigenvalue weighted by molar-refractivity contribution is 5.90. The van der Waals surface area contributed by atoms with Crippen LogP contribution in [-0.4, -0.2) is 58.2 Å². The van der Waals surface area contributed by atoms with E-state index in [-0.39, 0.29) is 24.0 Å². The molecule has 2 amide bonds. The van der Waals surface area contributed by atoms with Crippen LogP contribution in [0.3, 0.4) is 0 Å². The molecule has 11 N–H and O–H groups in total. The highest BCUT2D eigenvalue weighted by atomic mass is 16.5. The zero-order valence-corrected chi connectivity index (χ0v) is 25.4. The number of nitrogens with one attached hydrogen (secondary N) is 4. The zero-order chi connectivity index (χ0) is 32.1. The maximum Gasteiger partial charge on any atom is 0.249 e. The molecule has 3 atom stereocenters. The van der Waals surface area contributed by atoms with Gasteiger partial charge in [0, 0.05) is 19.4 Å². The van der Waals surface area contributed by atoms with Gasteiger partial charge in [-0.25, -0.2) is 0 Å². The van der Waals surface area contributed by atoms with Crippen LogP contribution >= 0.6 is 0 Å². The monoisotopic (exact) mass is 607 g/mol. The van der Waals surface area contributed by atoms with Gasteiger partial charge in [0.15, 0.2) is 11.8 Å². The standard InChI is InChI=1S/C31H45N9O4/c1-19-15-22(41)16-20(2)23(19)18-26(38-28(42)24(33)11-8-14-36-31(34)35)29(43)37-25(12-6-7-13-32)30-39-27(40-44-30)17-21-9-4-3-5-10-21/h3-5,9-10,15-16,24-26,41H,6-8,11-14,17-18,32-33H2,1-2H3,(H,37,43)(H,38,42)(H4,34,35,36)/t24-,25+,26+/m0/s1. The van der Waals surface area contributed by atoms with Crippen LogP contribution in [0.25, 0.3) is 0 Å². The zero-order valence-electron chi connectivity index (χ0n) is 25.4. The number of hydrogen-bond donors (Lipinski definition) is 8. The summed E-state index contributed by atoms with van der Waals surface area (Å²) < 4.78 is 5.60. The number of hydrogen-bond acceptors (Lipinski definition) is 9. The van der Waals surface area contributed by atoms with Gasteiger partial charge in [-0.2, -0.15) is 4.98 Å². The van der Waals surface area contributed by atoms with Crippen molar-refractivity contribution in [2.24, 2.45) is 17.2 Å². The van der Waals surface area contributed by atoms with Crippen molar-refractivity contribution in [2.75, 3.05) is 13.1 Å². The molecule has 0 aliphatic heterocycles. The van der Waals surface area contributed by atoms with Crippen LogP contribution in [0.1, 0.15) is 72.1 Å². The number of aromatic hydroxyl groups is 1. The van der Waals surface area contributed by atoms with Gasteiger partial charge in [0.25, 0.3) is 0 Å². The molecule has 1 aromatic heterocycles. The van der Waals surface area contributed by atoms with E-state index in [4.69, 9.17) is 27.1 Å². The molecule has 0 unspecified atom stereocenters. The molecule has 0 saturated heterocycles. The molecule has 1 heterocycles. The summed E-state index contributed by atoms with van der Waals surface area (Å²) in [5.74, 6) is -0.180. The minimum Gasteiger partial charge on any atom is -0.508 e. The molecule has 3 aromatic rings. The fourth-order valence-electron chi connectivity index (χ4n) is 4.94. The van der Waals surface area contributed by atoms with Crippen LogP contribution in [0.2, 0.25) is 0 Å². The minimum atomic E-state index is -0.977. The number of nitrogens with zero attached hydrogens (tertiary/aromatic N) is 2. The number of aryl methyl sites for hydroxylation is 2. The van der Waals surface area contributed by atoms with Crippen LogP contribution in [0, 0.1) is 19.3 Å². The average molecular weight is 608 g/mol. The van der Waals surface area contributed by atoms with Crippen molar-refractivity contribution >= 4 is 17.8 Å². The van der Waals surface area contributed by atoms with Crippen LogP contribution < -0.4 is 33.2 Å². The maximum absolute atomic E-state index is 13.9. The minimum absolute atomic E-state index is 0.123. The number of nitrogens with two attached hydrogens (primary N) is 3. The average Bonchev–Trinajstić information content (AvgIpc) is 3.44. The van der Waals surface area contributed by atoms with Crippen molar-refractivity contribution in [2.45, 2.75) is 76.9 Å². The number of carbonyl (C=O) groups excluding carboxylic acids is 2. The molecule has 0 aliphatic carbocycles. The number of rotatable bonds is 17. The summed E-state index contributed by atoms with van der Waals surface area (Å²) in [4.78, 5) is 31.6. The molecule has 2 aromatic carbocycles. The number of amides is 2. The largest absolute Gasteiger partial charge is 0.508 e. The van der Waals surface area contributed by atoms with E-state index in [0.717, 1.165) is 28.7 Å². The number of aromatic nitrogens is 2. The number of phenolic OH excluding ortho intramolecular Hbond substituents is 1. The summed E-state index contributed by atoms with van der Waals surface area (Å²) in [6.45, 7) is 4.58. The number of guanidine groups is 1. The molecule has 238 valence electrons. The van der Waals surface area contributed by atoms with Crippen molar-refractivity contribution in [3.05, 3.63) is 76.4 Å². The second kappa shape index (κ2) is 17.0. The fourth-order valence-corrected chi connectivity index (χ4v) is 4.94. The van der Waals surface area contributed by atoms with Gasteiger partial charge in [-0.1, -0.05) is 35.5 Å². The van der Waals surface area contributed by atoms with E-state index in [0.29, 0.717) is 51.0 Å². The highest BCUT2D eigenvalue weighted by Crippen LogP contribution is 2.23. The van der Waals surface area contributed by atoms with Crippen LogP contribution in [0.15, 0.2) is 47.0 Å². The summed E-state index contributed by atoms with van der Waals surface area (Å²) in [6, 6.07) is 10.5. The normalized spacial score (nSPS) is 13.1. The first-order valence-electron chi connectivity index (χ1n) is 14.9. The van der Waals surface area contributed by atoms with Crippen molar-refractivity contribution in [3.63, 3.8) is 0 Å². The molecule has 0 fully saturated rings. The van der Waals surface area contributed by atoms with E-state index in [1.54, 1.807) is 12.1 Å². The number of phenols is 1. The van der Waals surface area contributed by atoms with Crippen LogP contribution in [-0.2, 0) is 22.4 Å². The summed E-state index contributed by atoms with van der Waals surface area (Å²) >= 11 is 0. The smallest absolute Gasteiger partial charge is 0.249 e. The van der Waals surface area contributed by atoms with E-state index >= 15 is 0 Å². The van der Waals surface area contributed by atoms with E-state index in [1.807, 2.05) is 44.2 Å². The van der Waals surface area contributed by atoms with Crippen molar-refractivity contribution in [1.82, 2.24) is 26.1 Å².